The molecule has 6 nitrogen and oxygen atoms in total. The van der Waals surface area contributed by atoms with Crippen LogP contribution in [0.15, 0.2) is 59.8 Å². The highest BCUT2D eigenvalue weighted by Crippen LogP contribution is 2.20. The third-order valence-electron chi connectivity index (χ3n) is 4.10. The summed E-state index contributed by atoms with van der Waals surface area (Å²) in [5, 5.41) is 5.34. The van der Waals surface area contributed by atoms with Gasteiger partial charge in [0.1, 0.15) is 12.3 Å². The topological polar surface area (TPSA) is 64.9 Å². The van der Waals surface area contributed by atoms with Gasteiger partial charge in [-0.2, -0.15) is 5.10 Å². The van der Waals surface area contributed by atoms with E-state index in [-0.39, 0.29) is 12.5 Å². The van der Waals surface area contributed by atoms with Crippen LogP contribution in [0.2, 0.25) is 0 Å². The second-order valence-electron chi connectivity index (χ2n) is 5.71. The molecule has 0 aliphatic heterocycles. The van der Waals surface area contributed by atoms with Gasteiger partial charge < -0.3 is 19.5 Å². The van der Waals surface area contributed by atoms with Crippen molar-refractivity contribution < 1.29 is 14.3 Å². The van der Waals surface area contributed by atoms with E-state index in [1.807, 2.05) is 59.3 Å². The van der Waals surface area contributed by atoms with Gasteiger partial charge in [0, 0.05) is 28.2 Å². The van der Waals surface area contributed by atoms with Gasteiger partial charge in [-0.15, -0.1) is 0 Å². The van der Waals surface area contributed by atoms with Crippen LogP contribution in [0.3, 0.4) is 0 Å². The first kappa shape index (κ1) is 17.5. The lowest BCUT2D eigenvalue weighted by molar-refractivity contribution is -0.141. The average molecular weight is 351 g/mol. The zero-order chi connectivity index (χ0) is 18.4. The lowest BCUT2D eigenvalue weighted by Gasteiger charge is -2.07. The molecule has 1 heterocycles. The highest BCUT2D eigenvalue weighted by Gasteiger charge is 2.09. The molecule has 1 aromatic heterocycles. The molecule has 6 heteroatoms. The zero-order valence-electron chi connectivity index (χ0n) is 14.8. The fourth-order valence-corrected chi connectivity index (χ4v) is 2.81. The maximum absolute atomic E-state index is 11.6. The highest BCUT2D eigenvalue weighted by molar-refractivity contribution is 5.99. The molecule has 0 aliphatic rings. The molecule has 2 aromatic carbocycles. The number of fused-ring (bicyclic) bond motifs is 1. The van der Waals surface area contributed by atoms with Crippen LogP contribution < -0.4 is 10.2 Å². The first-order valence-corrected chi connectivity index (χ1v) is 8.25. The Bertz CT molecular complexity index is 931. The summed E-state index contributed by atoms with van der Waals surface area (Å²) >= 11 is 0. The Labute approximate surface area is 152 Å². The summed E-state index contributed by atoms with van der Waals surface area (Å²) in [6, 6.07) is 15.7. The van der Waals surface area contributed by atoms with Crippen LogP contribution in [0.5, 0.6) is 5.75 Å². The molecule has 0 bridgehead atoms. The van der Waals surface area contributed by atoms with E-state index < -0.39 is 0 Å². The molecule has 1 N–H and O–H groups in total. The first-order chi connectivity index (χ1) is 12.7. The number of hydrazone groups is 1. The second kappa shape index (κ2) is 8.20. The Morgan fingerprint density at radius 1 is 1.15 bits per heavy atom. The van der Waals surface area contributed by atoms with E-state index in [0.29, 0.717) is 6.54 Å². The molecule has 134 valence electrons. The minimum Gasteiger partial charge on any atom is -0.496 e. The standard InChI is InChI=1S/C20H21N3O3/c1-25-19-10-6-3-7-15(19)11-21-22-12-16-13-23(14-20(24)26-2)18-9-5-4-8-17(16)18/h3-10,12-13,21H,11,14H2,1-2H3/b22-12-. The average Bonchev–Trinajstić information content (AvgIpc) is 3.03. The molecule has 0 aliphatic carbocycles. The Morgan fingerprint density at radius 2 is 1.92 bits per heavy atom. The number of nitrogens with one attached hydrogen (secondary N) is 1. The van der Waals surface area contributed by atoms with Crippen LogP contribution in [-0.2, 0) is 22.6 Å². The molecular weight excluding hydrogens is 330 g/mol. The largest absolute Gasteiger partial charge is 0.496 e. The van der Waals surface area contributed by atoms with Gasteiger partial charge in [-0.1, -0.05) is 36.4 Å². The number of carbonyl (C=O) groups excluding carboxylic acids is 1. The summed E-state index contributed by atoms with van der Waals surface area (Å²) in [4.78, 5) is 11.6. The van der Waals surface area contributed by atoms with Crippen molar-refractivity contribution in [2.75, 3.05) is 14.2 Å². The van der Waals surface area contributed by atoms with Crippen molar-refractivity contribution in [1.29, 1.82) is 0 Å². The monoisotopic (exact) mass is 351 g/mol. The van der Waals surface area contributed by atoms with E-state index in [1.54, 1.807) is 13.3 Å². The molecule has 0 radical (unpaired) electrons. The van der Waals surface area contributed by atoms with Crippen LogP contribution in [0.4, 0.5) is 0 Å². The number of hydrogen-bond acceptors (Lipinski definition) is 5. The van der Waals surface area contributed by atoms with Crippen molar-refractivity contribution in [2.45, 2.75) is 13.1 Å². The molecule has 3 aromatic rings. The van der Waals surface area contributed by atoms with Gasteiger partial charge in [0.2, 0.25) is 0 Å². The molecule has 3 rings (SSSR count). The van der Waals surface area contributed by atoms with E-state index in [4.69, 9.17) is 9.47 Å². The number of hydrogen-bond donors (Lipinski definition) is 1. The van der Waals surface area contributed by atoms with E-state index in [1.165, 1.54) is 7.11 Å². The van der Waals surface area contributed by atoms with Gasteiger partial charge in [0.05, 0.1) is 27.0 Å². The van der Waals surface area contributed by atoms with Gasteiger partial charge in [-0.3, -0.25) is 4.79 Å². The highest BCUT2D eigenvalue weighted by atomic mass is 16.5. The van der Waals surface area contributed by atoms with E-state index in [0.717, 1.165) is 27.8 Å². The van der Waals surface area contributed by atoms with Crippen molar-refractivity contribution in [3.8, 4) is 5.75 Å². The summed E-state index contributed by atoms with van der Waals surface area (Å²) in [5.41, 5.74) is 5.96. The number of methoxy groups -OCH3 is 2. The van der Waals surface area contributed by atoms with Gasteiger partial charge in [0.15, 0.2) is 0 Å². The predicted molar refractivity (Wildman–Crippen MR) is 101 cm³/mol. The molecule has 26 heavy (non-hydrogen) atoms. The maximum atomic E-state index is 11.6. The van der Waals surface area contributed by atoms with E-state index in [2.05, 4.69) is 10.5 Å². The third-order valence-corrected chi connectivity index (χ3v) is 4.10. The minimum absolute atomic E-state index is 0.166. The minimum atomic E-state index is -0.288. The van der Waals surface area contributed by atoms with Crippen LogP contribution in [0, 0.1) is 0 Å². The summed E-state index contributed by atoms with van der Waals surface area (Å²) < 4.78 is 12.0. The van der Waals surface area contributed by atoms with Gasteiger partial charge >= 0.3 is 5.97 Å². The normalized spacial score (nSPS) is 11.0. The fraction of sp³-hybridized carbons (Fsp3) is 0.200. The van der Waals surface area contributed by atoms with Crippen molar-refractivity contribution in [3.63, 3.8) is 0 Å². The summed E-state index contributed by atoms with van der Waals surface area (Å²) in [6.45, 7) is 0.723. The van der Waals surface area contributed by atoms with Crippen molar-refractivity contribution in [2.24, 2.45) is 5.10 Å². The molecule has 0 saturated heterocycles. The second-order valence-corrected chi connectivity index (χ2v) is 5.71. The van der Waals surface area contributed by atoms with Crippen molar-refractivity contribution in [1.82, 2.24) is 9.99 Å². The lowest BCUT2D eigenvalue weighted by Crippen LogP contribution is -2.10. The number of carbonyl (C=O) groups is 1. The summed E-state index contributed by atoms with van der Waals surface area (Å²) in [7, 11) is 3.04. The smallest absolute Gasteiger partial charge is 0.325 e. The van der Waals surface area contributed by atoms with Crippen LogP contribution in [0.25, 0.3) is 10.9 Å². The molecular formula is C20H21N3O3. The summed E-state index contributed by atoms with van der Waals surface area (Å²) in [6.07, 6.45) is 3.65. The zero-order valence-corrected chi connectivity index (χ0v) is 14.8. The number of benzene rings is 2. The van der Waals surface area contributed by atoms with Crippen LogP contribution in [0.1, 0.15) is 11.1 Å². The molecule has 0 unspecified atom stereocenters. The molecule has 0 fully saturated rings. The Morgan fingerprint density at radius 3 is 2.73 bits per heavy atom. The third kappa shape index (κ3) is 3.85. The number of ether oxygens (including phenoxy) is 2. The Balaban J connectivity index is 1.76. The van der Waals surface area contributed by atoms with Gasteiger partial charge in [0.25, 0.3) is 0 Å². The van der Waals surface area contributed by atoms with Gasteiger partial charge in [-0.25, -0.2) is 0 Å². The van der Waals surface area contributed by atoms with Crippen LogP contribution >= 0.6 is 0 Å². The number of rotatable bonds is 7. The van der Waals surface area contributed by atoms with E-state index in [9.17, 15) is 4.79 Å². The number of para-hydroxylation sites is 2. The van der Waals surface area contributed by atoms with E-state index >= 15 is 0 Å². The fourth-order valence-electron chi connectivity index (χ4n) is 2.81. The number of aromatic nitrogens is 1. The van der Waals surface area contributed by atoms with Crippen molar-refractivity contribution in [3.05, 3.63) is 65.9 Å². The number of nitrogens with zero attached hydrogens (tertiary/aromatic N) is 2. The molecule has 0 spiro atoms. The quantitative estimate of drug-likeness (QED) is 0.404. The van der Waals surface area contributed by atoms with Crippen molar-refractivity contribution >= 4 is 23.1 Å². The molecule has 0 saturated carbocycles. The SMILES string of the molecule is COC(=O)Cn1cc(/C=N\NCc2ccccc2OC)c2ccccc21. The lowest BCUT2D eigenvalue weighted by atomic mass is 10.2. The Kier molecular flexibility index (Phi) is 5.53. The number of esters is 1. The van der Waals surface area contributed by atoms with Gasteiger partial charge in [-0.05, 0) is 12.1 Å². The first-order valence-electron chi connectivity index (χ1n) is 8.25. The Hall–Kier alpha value is -3.28. The van der Waals surface area contributed by atoms with Crippen LogP contribution in [-0.4, -0.2) is 31.0 Å². The predicted octanol–water partition coefficient (Wildman–Crippen LogP) is 2.95. The molecule has 0 atom stereocenters. The maximum Gasteiger partial charge on any atom is 0.325 e. The summed E-state index contributed by atoms with van der Waals surface area (Å²) in [5.74, 6) is 0.536. The molecule has 0 amide bonds.